The molecule has 0 saturated carbocycles. The van der Waals surface area contributed by atoms with Gasteiger partial charge in [0.15, 0.2) is 0 Å². The first-order valence-corrected chi connectivity index (χ1v) is 12.6. The van der Waals surface area contributed by atoms with Crippen LogP contribution in [0, 0.1) is 12.8 Å². The van der Waals surface area contributed by atoms with Crippen LogP contribution in [0.25, 0.3) is 0 Å². The number of anilines is 1. The highest BCUT2D eigenvalue weighted by Crippen LogP contribution is 2.26. The van der Waals surface area contributed by atoms with Crippen molar-refractivity contribution < 1.29 is 22.7 Å². The van der Waals surface area contributed by atoms with Crippen LogP contribution in [0.5, 0.6) is 0 Å². The molecule has 0 unspecified atom stereocenters. The summed E-state index contributed by atoms with van der Waals surface area (Å²) >= 11 is 0. The Balaban J connectivity index is 1.47. The molecule has 2 amide bonds. The molecule has 2 aromatic rings. The van der Waals surface area contributed by atoms with Crippen LogP contribution in [0.3, 0.4) is 0 Å². The molecule has 2 aromatic carbocycles. The second-order valence-corrected chi connectivity index (χ2v) is 10.4. The van der Waals surface area contributed by atoms with Gasteiger partial charge in [0.2, 0.25) is 15.9 Å². The van der Waals surface area contributed by atoms with E-state index >= 15 is 0 Å². The minimum atomic E-state index is -3.67. The first-order valence-electron chi connectivity index (χ1n) is 11.2. The van der Waals surface area contributed by atoms with Crippen molar-refractivity contribution in [1.29, 1.82) is 0 Å². The predicted molar refractivity (Wildman–Crippen MR) is 124 cm³/mol. The van der Waals surface area contributed by atoms with Crippen LogP contribution in [0.4, 0.5) is 5.69 Å². The summed E-state index contributed by atoms with van der Waals surface area (Å²) in [5.74, 6) is -0.923. The zero-order valence-electron chi connectivity index (χ0n) is 18.7. The lowest BCUT2D eigenvalue weighted by Crippen LogP contribution is -2.44. The van der Waals surface area contributed by atoms with Gasteiger partial charge in [-0.15, -0.1) is 0 Å². The number of piperidine rings is 1. The molecule has 4 rings (SSSR count). The van der Waals surface area contributed by atoms with E-state index in [1.807, 2.05) is 6.92 Å². The monoisotopic (exact) mass is 471 g/mol. The second-order valence-electron chi connectivity index (χ2n) is 8.45. The van der Waals surface area contributed by atoms with Gasteiger partial charge in [-0.3, -0.25) is 9.59 Å². The van der Waals surface area contributed by atoms with E-state index in [1.54, 1.807) is 53.4 Å². The maximum absolute atomic E-state index is 13.1. The van der Waals surface area contributed by atoms with Gasteiger partial charge < -0.3 is 15.0 Å². The molecule has 2 heterocycles. The molecule has 176 valence electrons. The van der Waals surface area contributed by atoms with E-state index in [2.05, 4.69) is 5.32 Å². The standard InChI is InChI=1S/C24H29N3O5S/c1-18-8-10-20(11-9-18)33(30,31)27-12-4-5-19(17-27)23(28)25-22-7-3-2-6-21(22)24(29)26-13-15-32-16-14-26/h2-3,6-11,19H,4-5,12-17H2,1H3,(H,25,28)/t19-/m1/s1. The Labute approximate surface area is 194 Å². The highest BCUT2D eigenvalue weighted by Gasteiger charge is 2.34. The van der Waals surface area contributed by atoms with Crippen LogP contribution in [-0.2, 0) is 19.6 Å². The number of ether oxygens (including phenoxy) is 1. The van der Waals surface area contributed by atoms with Crippen molar-refractivity contribution in [1.82, 2.24) is 9.21 Å². The number of benzene rings is 2. The summed E-state index contributed by atoms with van der Waals surface area (Å²) in [5.41, 5.74) is 1.85. The average molecular weight is 472 g/mol. The van der Waals surface area contributed by atoms with Crippen molar-refractivity contribution in [2.45, 2.75) is 24.7 Å². The molecule has 0 radical (unpaired) electrons. The Morgan fingerprint density at radius 3 is 2.42 bits per heavy atom. The van der Waals surface area contributed by atoms with Gasteiger partial charge in [-0.05, 0) is 44.0 Å². The Kier molecular flexibility index (Phi) is 7.11. The first-order chi connectivity index (χ1) is 15.9. The topological polar surface area (TPSA) is 96.0 Å². The minimum Gasteiger partial charge on any atom is -0.378 e. The van der Waals surface area contributed by atoms with Crippen LogP contribution >= 0.6 is 0 Å². The van der Waals surface area contributed by atoms with Crippen molar-refractivity contribution in [2.24, 2.45) is 5.92 Å². The predicted octanol–water partition coefficient (Wildman–Crippen LogP) is 2.51. The summed E-state index contributed by atoms with van der Waals surface area (Å²) in [4.78, 5) is 28.0. The SMILES string of the molecule is Cc1ccc(S(=O)(=O)N2CCC[C@@H](C(=O)Nc3ccccc3C(=O)N3CCOCC3)C2)cc1. The summed E-state index contributed by atoms with van der Waals surface area (Å²) in [5, 5.41) is 2.88. The van der Waals surface area contributed by atoms with Gasteiger partial charge in [0.05, 0.1) is 35.3 Å². The molecule has 1 atom stereocenters. The van der Waals surface area contributed by atoms with E-state index in [4.69, 9.17) is 4.74 Å². The highest BCUT2D eigenvalue weighted by molar-refractivity contribution is 7.89. The third kappa shape index (κ3) is 5.26. The van der Waals surface area contributed by atoms with Crippen LogP contribution < -0.4 is 5.32 Å². The molecular formula is C24H29N3O5S. The number of sulfonamides is 1. The Hall–Kier alpha value is -2.75. The van der Waals surface area contributed by atoms with Gasteiger partial charge in [0.1, 0.15) is 0 Å². The number of hydrogen-bond donors (Lipinski definition) is 1. The molecule has 0 aromatic heterocycles. The van der Waals surface area contributed by atoms with Gasteiger partial charge in [-0.2, -0.15) is 4.31 Å². The van der Waals surface area contributed by atoms with Gasteiger partial charge >= 0.3 is 0 Å². The molecule has 2 aliphatic heterocycles. The fraction of sp³-hybridized carbons (Fsp3) is 0.417. The summed E-state index contributed by atoms with van der Waals surface area (Å²) in [6.45, 7) is 4.40. The molecule has 1 N–H and O–H groups in total. The van der Waals surface area contributed by atoms with E-state index in [1.165, 1.54) is 4.31 Å². The van der Waals surface area contributed by atoms with Crippen LogP contribution in [0.15, 0.2) is 53.4 Å². The number of hydrogen-bond acceptors (Lipinski definition) is 5. The van der Waals surface area contributed by atoms with Crippen LogP contribution in [-0.4, -0.2) is 68.8 Å². The highest BCUT2D eigenvalue weighted by atomic mass is 32.2. The summed E-state index contributed by atoms with van der Waals surface area (Å²) in [6.07, 6.45) is 1.18. The third-order valence-corrected chi connectivity index (χ3v) is 8.01. The van der Waals surface area contributed by atoms with Gasteiger partial charge in [0, 0.05) is 26.2 Å². The number of aryl methyl sites for hydroxylation is 1. The summed E-state index contributed by atoms with van der Waals surface area (Å²) in [7, 11) is -3.67. The number of morpholine rings is 1. The molecule has 0 aliphatic carbocycles. The van der Waals surface area contributed by atoms with Crippen molar-refractivity contribution >= 4 is 27.5 Å². The van der Waals surface area contributed by atoms with E-state index < -0.39 is 15.9 Å². The van der Waals surface area contributed by atoms with Crippen LogP contribution in [0.1, 0.15) is 28.8 Å². The third-order valence-electron chi connectivity index (χ3n) is 6.13. The van der Waals surface area contributed by atoms with Gasteiger partial charge in [-0.25, -0.2) is 8.42 Å². The maximum Gasteiger partial charge on any atom is 0.256 e. The average Bonchev–Trinajstić information content (AvgIpc) is 2.85. The second kappa shape index (κ2) is 10.0. The van der Waals surface area contributed by atoms with E-state index in [0.29, 0.717) is 56.9 Å². The molecule has 9 heteroatoms. The Bertz CT molecular complexity index is 1110. The summed E-state index contributed by atoms with van der Waals surface area (Å²) in [6, 6.07) is 13.7. The number of amides is 2. The van der Waals surface area contributed by atoms with Gasteiger partial charge in [-0.1, -0.05) is 29.8 Å². The fourth-order valence-electron chi connectivity index (χ4n) is 4.18. The quantitative estimate of drug-likeness (QED) is 0.723. The lowest BCUT2D eigenvalue weighted by atomic mass is 9.98. The largest absolute Gasteiger partial charge is 0.378 e. The summed E-state index contributed by atoms with van der Waals surface area (Å²) < 4.78 is 32.9. The number of carbonyl (C=O) groups is 2. The number of carbonyl (C=O) groups excluding carboxylic acids is 2. The van der Waals surface area contributed by atoms with E-state index in [-0.39, 0.29) is 23.3 Å². The van der Waals surface area contributed by atoms with Crippen molar-refractivity contribution in [3.8, 4) is 0 Å². The number of para-hydroxylation sites is 1. The van der Waals surface area contributed by atoms with Crippen molar-refractivity contribution in [2.75, 3.05) is 44.7 Å². The Morgan fingerprint density at radius 1 is 1.00 bits per heavy atom. The molecule has 8 nitrogen and oxygen atoms in total. The minimum absolute atomic E-state index is 0.113. The lowest BCUT2D eigenvalue weighted by molar-refractivity contribution is -0.120. The number of nitrogens with zero attached hydrogens (tertiary/aromatic N) is 2. The molecule has 0 spiro atoms. The molecule has 33 heavy (non-hydrogen) atoms. The Morgan fingerprint density at radius 2 is 1.70 bits per heavy atom. The van der Waals surface area contributed by atoms with Gasteiger partial charge in [0.25, 0.3) is 5.91 Å². The van der Waals surface area contributed by atoms with E-state index in [9.17, 15) is 18.0 Å². The van der Waals surface area contributed by atoms with Crippen LogP contribution in [0.2, 0.25) is 0 Å². The number of nitrogens with one attached hydrogen (secondary N) is 1. The normalized spacial score (nSPS) is 19.8. The van der Waals surface area contributed by atoms with Crippen molar-refractivity contribution in [3.63, 3.8) is 0 Å². The molecule has 0 bridgehead atoms. The first kappa shape index (κ1) is 23.4. The number of rotatable bonds is 5. The van der Waals surface area contributed by atoms with Crippen molar-refractivity contribution in [3.05, 3.63) is 59.7 Å². The molecule has 2 aliphatic rings. The zero-order chi connectivity index (χ0) is 23.4. The maximum atomic E-state index is 13.1. The zero-order valence-corrected chi connectivity index (χ0v) is 19.5. The lowest BCUT2D eigenvalue weighted by Gasteiger charge is -2.31. The molecule has 2 fully saturated rings. The fourth-order valence-corrected chi connectivity index (χ4v) is 5.71. The molecular weight excluding hydrogens is 442 g/mol. The van der Waals surface area contributed by atoms with E-state index in [0.717, 1.165) is 5.56 Å². The smallest absolute Gasteiger partial charge is 0.256 e. The molecule has 2 saturated heterocycles.